The van der Waals surface area contributed by atoms with Crippen LogP contribution in [-0.4, -0.2) is 11.2 Å². The van der Waals surface area contributed by atoms with E-state index in [9.17, 15) is 0 Å². The minimum absolute atomic E-state index is 0.0209. The Morgan fingerprint density at radius 1 is 1.20 bits per heavy atom. The third kappa shape index (κ3) is 2.40. The van der Waals surface area contributed by atoms with Gasteiger partial charge in [0.05, 0.1) is 11.4 Å². The van der Waals surface area contributed by atoms with Crippen LogP contribution in [0.1, 0.15) is 19.5 Å². The van der Waals surface area contributed by atoms with Gasteiger partial charge in [-0.3, -0.25) is 9.98 Å². The van der Waals surface area contributed by atoms with Crippen molar-refractivity contribution in [2.75, 3.05) is 0 Å². The molecule has 0 saturated heterocycles. The van der Waals surface area contributed by atoms with Gasteiger partial charge in [-0.1, -0.05) is 32.1 Å². The molecule has 0 atom stereocenters. The minimum Gasteiger partial charge on any atom is -0.258 e. The molecule has 76 valence electrons. The monoisotopic (exact) mass is 198 g/mol. The van der Waals surface area contributed by atoms with Crippen molar-refractivity contribution in [3.63, 3.8) is 0 Å². The lowest BCUT2D eigenvalue weighted by molar-refractivity contribution is 0.695. The van der Waals surface area contributed by atoms with Crippen LogP contribution in [0.25, 0.3) is 5.70 Å². The molecule has 1 aliphatic rings. The van der Waals surface area contributed by atoms with Crippen molar-refractivity contribution in [1.29, 1.82) is 0 Å². The highest BCUT2D eigenvalue weighted by molar-refractivity contribution is 5.79. The van der Waals surface area contributed by atoms with Crippen LogP contribution in [0, 0.1) is 5.41 Å². The number of allylic oxidation sites excluding steroid dienone is 3. The van der Waals surface area contributed by atoms with Gasteiger partial charge in [-0.2, -0.15) is 0 Å². The maximum Gasteiger partial charge on any atom is 0.0885 e. The van der Waals surface area contributed by atoms with Crippen LogP contribution in [0.4, 0.5) is 0 Å². The number of aliphatic imine (C=N–C) groups is 1. The summed E-state index contributed by atoms with van der Waals surface area (Å²) < 4.78 is 0. The van der Waals surface area contributed by atoms with Gasteiger partial charge in [0.2, 0.25) is 0 Å². The van der Waals surface area contributed by atoms with Crippen LogP contribution in [0.5, 0.6) is 0 Å². The standard InChI is InChI=1S/C13H14N2/c1-13(2)8-5-7-12(15-10-13)11-6-3-4-9-14-11/h3-10H,1-2H3. The van der Waals surface area contributed by atoms with E-state index >= 15 is 0 Å². The predicted molar refractivity (Wildman–Crippen MR) is 63.6 cm³/mol. The summed E-state index contributed by atoms with van der Waals surface area (Å²) in [5.41, 5.74) is 1.85. The average Bonchev–Trinajstić information content (AvgIpc) is 2.41. The molecule has 0 spiro atoms. The SMILES string of the molecule is CC1(C)C=CC=C(c2ccccn2)N=C1. The zero-order valence-electron chi connectivity index (χ0n) is 9.01. The first kappa shape index (κ1) is 9.84. The molecule has 2 heterocycles. The topological polar surface area (TPSA) is 25.2 Å². The van der Waals surface area contributed by atoms with E-state index in [1.54, 1.807) is 6.20 Å². The van der Waals surface area contributed by atoms with Gasteiger partial charge in [0.15, 0.2) is 0 Å². The lowest BCUT2D eigenvalue weighted by Crippen LogP contribution is -2.07. The summed E-state index contributed by atoms with van der Waals surface area (Å²) in [7, 11) is 0. The minimum atomic E-state index is 0.0209. The van der Waals surface area contributed by atoms with Crippen molar-refractivity contribution in [2.45, 2.75) is 13.8 Å². The third-order valence-corrected chi connectivity index (χ3v) is 2.24. The molecule has 0 amide bonds. The fourth-order valence-corrected chi connectivity index (χ4v) is 1.38. The van der Waals surface area contributed by atoms with Gasteiger partial charge in [-0.15, -0.1) is 0 Å². The number of rotatable bonds is 1. The Labute approximate surface area is 90.1 Å². The van der Waals surface area contributed by atoms with Crippen molar-refractivity contribution in [2.24, 2.45) is 10.4 Å². The molecular weight excluding hydrogens is 184 g/mol. The summed E-state index contributed by atoms with van der Waals surface area (Å²) in [6.07, 6.45) is 9.90. The molecule has 2 heteroatoms. The van der Waals surface area contributed by atoms with Crippen LogP contribution >= 0.6 is 0 Å². The Hall–Kier alpha value is -1.70. The second-order valence-corrected chi connectivity index (χ2v) is 4.21. The van der Waals surface area contributed by atoms with Crippen molar-refractivity contribution >= 4 is 11.9 Å². The first-order chi connectivity index (χ1) is 7.17. The molecule has 0 N–H and O–H groups in total. The zero-order chi connectivity index (χ0) is 10.7. The molecule has 15 heavy (non-hydrogen) atoms. The van der Waals surface area contributed by atoms with Crippen molar-refractivity contribution in [3.05, 3.63) is 48.3 Å². The Balaban J connectivity index is 2.34. The maximum absolute atomic E-state index is 4.46. The molecular formula is C13H14N2. The number of hydrogen-bond donors (Lipinski definition) is 0. The van der Waals surface area contributed by atoms with E-state index in [-0.39, 0.29) is 5.41 Å². The first-order valence-electron chi connectivity index (χ1n) is 5.03. The van der Waals surface area contributed by atoms with E-state index in [4.69, 9.17) is 0 Å². The van der Waals surface area contributed by atoms with Crippen LogP contribution in [0.2, 0.25) is 0 Å². The van der Waals surface area contributed by atoms with E-state index in [1.807, 2.05) is 36.6 Å². The van der Waals surface area contributed by atoms with Gasteiger partial charge in [-0.05, 0) is 18.2 Å². The number of hydrogen-bond acceptors (Lipinski definition) is 2. The van der Waals surface area contributed by atoms with E-state index in [0.717, 1.165) is 11.4 Å². The second kappa shape index (κ2) is 3.81. The Kier molecular flexibility index (Phi) is 2.50. The zero-order valence-corrected chi connectivity index (χ0v) is 9.01. The van der Waals surface area contributed by atoms with E-state index in [1.165, 1.54) is 0 Å². The largest absolute Gasteiger partial charge is 0.258 e. The summed E-state index contributed by atoms with van der Waals surface area (Å²) in [5.74, 6) is 0. The molecule has 1 aromatic heterocycles. The summed E-state index contributed by atoms with van der Waals surface area (Å²) in [6, 6.07) is 5.85. The van der Waals surface area contributed by atoms with Gasteiger partial charge in [-0.25, -0.2) is 0 Å². The van der Waals surface area contributed by atoms with E-state index in [2.05, 4.69) is 29.9 Å². The third-order valence-electron chi connectivity index (χ3n) is 2.24. The smallest absolute Gasteiger partial charge is 0.0885 e. The Morgan fingerprint density at radius 2 is 2.07 bits per heavy atom. The quantitative estimate of drug-likeness (QED) is 0.680. The van der Waals surface area contributed by atoms with Crippen LogP contribution in [0.15, 0.2) is 47.6 Å². The van der Waals surface area contributed by atoms with Gasteiger partial charge in [0, 0.05) is 17.8 Å². The van der Waals surface area contributed by atoms with Gasteiger partial charge in [0.25, 0.3) is 0 Å². The molecule has 0 aliphatic carbocycles. The van der Waals surface area contributed by atoms with Gasteiger partial charge < -0.3 is 0 Å². The van der Waals surface area contributed by atoms with Crippen molar-refractivity contribution < 1.29 is 0 Å². The van der Waals surface area contributed by atoms with Crippen LogP contribution in [-0.2, 0) is 0 Å². The molecule has 0 unspecified atom stereocenters. The molecule has 0 saturated carbocycles. The number of aromatic nitrogens is 1. The molecule has 0 bridgehead atoms. The van der Waals surface area contributed by atoms with Gasteiger partial charge >= 0.3 is 0 Å². The summed E-state index contributed by atoms with van der Waals surface area (Å²) in [6.45, 7) is 4.25. The summed E-state index contributed by atoms with van der Waals surface area (Å²) in [4.78, 5) is 8.73. The molecule has 2 rings (SSSR count). The number of pyridine rings is 1. The normalized spacial score (nSPS) is 18.4. The summed E-state index contributed by atoms with van der Waals surface area (Å²) >= 11 is 0. The highest BCUT2D eigenvalue weighted by Gasteiger charge is 2.12. The fourth-order valence-electron chi connectivity index (χ4n) is 1.38. The molecule has 1 aliphatic heterocycles. The van der Waals surface area contributed by atoms with Gasteiger partial charge in [0.1, 0.15) is 0 Å². The lowest BCUT2D eigenvalue weighted by Gasteiger charge is -2.11. The van der Waals surface area contributed by atoms with Crippen molar-refractivity contribution in [3.8, 4) is 0 Å². The maximum atomic E-state index is 4.46. The predicted octanol–water partition coefficient (Wildman–Crippen LogP) is 3.09. The molecule has 0 fully saturated rings. The summed E-state index contributed by atoms with van der Waals surface area (Å²) in [5, 5.41) is 0. The molecule has 2 nitrogen and oxygen atoms in total. The molecule has 0 aromatic carbocycles. The van der Waals surface area contributed by atoms with Crippen LogP contribution in [0.3, 0.4) is 0 Å². The van der Waals surface area contributed by atoms with E-state index < -0.39 is 0 Å². The highest BCUT2D eigenvalue weighted by atomic mass is 14.8. The first-order valence-corrected chi connectivity index (χ1v) is 5.03. The Bertz CT molecular complexity index is 425. The fraction of sp³-hybridized carbons (Fsp3) is 0.231. The molecule has 1 aromatic rings. The average molecular weight is 198 g/mol. The lowest BCUT2D eigenvalue weighted by atomic mass is 9.95. The Morgan fingerprint density at radius 3 is 2.80 bits per heavy atom. The molecule has 0 radical (unpaired) electrons. The van der Waals surface area contributed by atoms with Crippen molar-refractivity contribution in [1.82, 2.24) is 4.98 Å². The van der Waals surface area contributed by atoms with E-state index in [0.29, 0.717) is 0 Å². The highest BCUT2D eigenvalue weighted by Crippen LogP contribution is 2.21. The van der Waals surface area contributed by atoms with Crippen LogP contribution < -0.4 is 0 Å². The number of nitrogens with zero attached hydrogens (tertiary/aromatic N) is 2. The second-order valence-electron chi connectivity index (χ2n) is 4.21.